The highest BCUT2D eigenvalue weighted by Gasteiger charge is 2.10. The van der Waals surface area contributed by atoms with E-state index in [-0.39, 0.29) is 18.1 Å². The molecule has 0 saturated carbocycles. The third-order valence-electron chi connectivity index (χ3n) is 1.28. The number of nitrogens with one attached hydrogen (secondary N) is 1. The summed E-state index contributed by atoms with van der Waals surface area (Å²) in [5, 5.41) is 10.7. The smallest absolute Gasteiger partial charge is 0.450 e. The van der Waals surface area contributed by atoms with Crippen molar-refractivity contribution in [3.05, 3.63) is 0 Å². The zero-order valence-electron chi connectivity index (χ0n) is 7.32. The summed E-state index contributed by atoms with van der Waals surface area (Å²) in [5.41, 5.74) is 0. The predicted octanol–water partition coefficient (Wildman–Crippen LogP) is -0.685. The van der Waals surface area contributed by atoms with Gasteiger partial charge in [0.1, 0.15) is 6.61 Å². The molecule has 0 atom stereocenters. The van der Waals surface area contributed by atoms with Crippen LogP contribution in [0, 0.1) is 0 Å². The lowest BCUT2D eigenvalue weighted by Crippen LogP contribution is -2.23. The number of carbonyl (C=O) groups is 1. The predicted molar refractivity (Wildman–Crippen MR) is 46.6 cm³/mol. The molecule has 0 unspecified atom stereocenters. The van der Waals surface area contributed by atoms with Gasteiger partial charge >= 0.3 is 6.16 Å². The third kappa shape index (κ3) is 7.54. The van der Waals surface area contributed by atoms with Crippen LogP contribution in [-0.2, 0) is 14.6 Å². The molecule has 13 heavy (non-hydrogen) atoms. The number of rotatable bonds is 6. The van der Waals surface area contributed by atoms with Crippen LogP contribution in [0.3, 0.4) is 0 Å². The summed E-state index contributed by atoms with van der Waals surface area (Å²) in [6.45, 7) is 0.0524. The number of carboxylic acid groups (broad SMARTS) is 1. The fourth-order valence-electron chi connectivity index (χ4n) is 0.616. The zero-order valence-corrected chi connectivity index (χ0v) is 8.13. The number of hydrogen-bond acceptors (Lipinski definition) is 5. The van der Waals surface area contributed by atoms with Crippen LogP contribution in [0.15, 0.2) is 0 Å². The van der Waals surface area contributed by atoms with E-state index in [1.807, 2.05) is 0 Å². The monoisotopic (exact) mass is 211 g/mol. The molecule has 0 radical (unpaired) electrons. The van der Waals surface area contributed by atoms with Crippen molar-refractivity contribution in [1.29, 1.82) is 0 Å². The SMILES string of the molecule is CNCCS(=O)(=O)CCOC(=O)O. The van der Waals surface area contributed by atoms with E-state index in [2.05, 4.69) is 10.1 Å². The highest BCUT2D eigenvalue weighted by molar-refractivity contribution is 7.91. The van der Waals surface area contributed by atoms with Crippen molar-refractivity contribution in [2.45, 2.75) is 0 Å². The maximum absolute atomic E-state index is 11.1. The minimum atomic E-state index is -3.19. The highest BCUT2D eigenvalue weighted by Crippen LogP contribution is 1.90. The molecule has 78 valence electrons. The van der Waals surface area contributed by atoms with E-state index in [4.69, 9.17) is 5.11 Å². The first-order valence-corrected chi connectivity index (χ1v) is 5.51. The molecule has 2 N–H and O–H groups in total. The van der Waals surface area contributed by atoms with Gasteiger partial charge in [-0.05, 0) is 7.05 Å². The van der Waals surface area contributed by atoms with Gasteiger partial charge in [0.2, 0.25) is 0 Å². The van der Waals surface area contributed by atoms with E-state index >= 15 is 0 Å². The second kappa shape index (κ2) is 5.76. The van der Waals surface area contributed by atoms with Crippen LogP contribution in [0.5, 0.6) is 0 Å². The lowest BCUT2D eigenvalue weighted by atomic mass is 10.8. The van der Waals surface area contributed by atoms with Gasteiger partial charge in [0.15, 0.2) is 9.84 Å². The minimum absolute atomic E-state index is 0.00746. The molecule has 7 heteroatoms. The summed E-state index contributed by atoms with van der Waals surface area (Å²) in [6, 6.07) is 0. The van der Waals surface area contributed by atoms with Gasteiger partial charge in [-0.2, -0.15) is 0 Å². The van der Waals surface area contributed by atoms with E-state index in [1.165, 1.54) is 0 Å². The van der Waals surface area contributed by atoms with Gasteiger partial charge in [-0.25, -0.2) is 13.2 Å². The second-order valence-corrected chi connectivity index (χ2v) is 4.67. The fraction of sp³-hybridized carbons (Fsp3) is 0.833. The fourth-order valence-corrected chi connectivity index (χ4v) is 1.67. The Morgan fingerprint density at radius 3 is 2.54 bits per heavy atom. The minimum Gasteiger partial charge on any atom is -0.450 e. The van der Waals surface area contributed by atoms with Crippen LogP contribution in [0.25, 0.3) is 0 Å². The normalized spacial score (nSPS) is 11.2. The van der Waals surface area contributed by atoms with Gasteiger partial charge in [-0.3, -0.25) is 0 Å². The van der Waals surface area contributed by atoms with Crippen molar-refractivity contribution in [1.82, 2.24) is 5.32 Å². The van der Waals surface area contributed by atoms with Crippen molar-refractivity contribution in [2.75, 3.05) is 31.7 Å². The maximum Gasteiger partial charge on any atom is 0.505 e. The Morgan fingerprint density at radius 1 is 1.46 bits per heavy atom. The first-order valence-electron chi connectivity index (χ1n) is 3.68. The topological polar surface area (TPSA) is 92.7 Å². The maximum atomic E-state index is 11.1. The number of sulfone groups is 1. The van der Waals surface area contributed by atoms with E-state index in [0.717, 1.165) is 0 Å². The third-order valence-corrected chi connectivity index (χ3v) is 2.90. The summed E-state index contributed by atoms with van der Waals surface area (Å²) in [4.78, 5) is 9.87. The summed E-state index contributed by atoms with van der Waals surface area (Å²) in [6.07, 6.45) is -1.45. The molecule has 6 nitrogen and oxygen atoms in total. The number of ether oxygens (including phenoxy) is 1. The Labute approximate surface area is 76.8 Å². The number of hydrogen-bond donors (Lipinski definition) is 2. The Kier molecular flexibility index (Phi) is 5.40. The Balaban J connectivity index is 3.70. The Hall–Kier alpha value is -0.820. The summed E-state index contributed by atoms with van der Waals surface area (Å²) in [5.74, 6) is -0.270. The van der Waals surface area contributed by atoms with Crippen LogP contribution in [0.1, 0.15) is 0 Å². The molecule has 0 fully saturated rings. The van der Waals surface area contributed by atoms with Gasteiger partial charge in [-0.1, -0.05) is 0 Å². The lowest BCUT2D eigenvalue weighted by Gasteiger charge is -2.02. The molecule has 0 aromatic rings. The highest BCUT2D eigenvalue weighted by atomic mass is 32.2. The second-order valence-electron chi connectivity index (χ2n) is 2.37. The Morgan fingerprint density at radius 2 is 2.08 bits per heavy atom. The summed E-state index contributed by atoms with van der Waals surface area (Å²) in [7, 11) is -1.55. The first-order chi connectivity index (χ1) is 5.98. The van der Waals surface area contributed by atoms with Crippen LogP contribution >= 0.6 is 0 Å². The molecule has 0 aliphatic carbocycles. The van der Waals surface area contributed by atoms with Crippen molar-refractivity contribution in [3.8, 4) is 0 Å². The van der Waals surface area contributed by atoms with Crippen molar-refractivity contribution < 1.29 is 23.1 Å². The molecule has 0 aromatic heterocycles. The standard InChI is InChI=1S/C6H13NO5S/c1-7-2-4-13(10,11)5-3-12-6(8)9/h7H,2-5H2,1H3,(H,8,9). The molecule has 0 heterocycles. The molecule has 0 saturated heterocycles. The van der Waals surface area contributed by atoms with Gasteiger partial charge in [0.25, 0.3) is 0 Å². The summed E-state index contributed by atoms with van der Waals surface area (Å²) >= 11 is 0. The summed E-state index contributed by atoms with van der Waals surface area (Å²) < 4.78 is 26.2. The zero-order chi connectivity index (χ0) is 10.3. The largest absolute Gasteiger partial charge is 0.505 e. The first kappa shape index (κ1) is 12.2. The average molecular weight is 211 g/mol. The van der Waals surface area contributed by atoms with Crippen molar-refractivity contribution in [2.24, 2.45) is 0 Å². The van der Waals surface area contributed by atoms with Crippen LogP contribution in [-0.4, -0.2) is 51.4 Å². The van der Waals surface area contributed by atoms with E-state index in [1.54, 1.807) is 7.05 Å². The molecule has 0 spiro atoms. The molecule has 0 rings (SSSR count). The van der Waals surface area contributed by atoms with Crippen LogP contribution < -0.4 is 5.32 Å². The average Bonchev–Trinajstić information content (AvgIpc) is 2.00. The molecule has 0 aliphatic rings. The molecule has 0 aliphatic heterocycles. The lowest BCUT2D eigenvalue weighted by molar-refractivity contribution is 0.0972. The van der Waals surface area contributed by atoms with Crippen LogP contribution in [0.4, 0.5) is 4.79 Å². The quantitative estimate of drug-likeness (QED) is 0.565. The van der Waals surface area contributed by atoms with Gasteiger partial charge in [0, 0.05) is 6.54 Å². The van der Waals surface area contributed by atoms with Crippen LogP contribution in [0.2, 0.25) is 0 Å². The van der Waals surface area contributed by atoms with E-state index in [9.17, 15) is 13.2 Å². The van der Waals surface area contributed by atoms with E-state index < -0.39 is 16.0 Å². The van der Waals surface area contributed by atoms with Gasteiger partial charge in [-0.15, -0.1) is 0 Å². The van der Waals surface area contributed by atoms with E-state index in [0.29, 0.717) is 6.54 Å². The Bertz CT molecular complexity index is 248. The molecular weight excluding hydrogens is 198 g/mol. The van der Waals surface area contributed by atoms with Crippen molar-refractivity contribution >= 4 is 16.0 Å². The van der Waals surface area contributed by atoms with Gasteiger partial charge in [0.05, 0.1) is 11.5 Å². The molecule has 0 bridgehead atoms. The van der Waals surface area contributed by atoms with Crippen molar-refractivity contribution in [3.63, 3.8) is 0 Å². The van der Waals surface area contributed by atoms with Gasteiger partial charge < -0.3 is 15.2 Å². The molecular formula is C6H13NO5S. The molecule has 0 aromatic carbocycles. The molecule has 0 amide bonds.